The van der Waals surface area contributed by atoms with Crippen LogP contribution in [0.5, 0.6) is 11.5 Å². The molecule has 0 saturated carbocycles. The first-order valence-electron chi connectivity index (χ1n) is 9.33. The van der Waals surface area contributed by atoms with E-state index in [9.17, 15) is 0 Å². The second-order valence-corrected chi connectivity index (χ2v) is 6.66. The Labute approximate surface area is 165 Å². The molecule has 2 heteroatoms. The number of fused-ring (bicyclic) bond motifs is 1. The first kappa shape index (κ1) is 17.9. The van der Waals surface area contributed by atoms with Crippen LogP contribution < -0.4 is 9.47 Å². The molecule has 28 heavy (non-hydrogen) atoms. The molecule has 0 heterocycles. The molecule has 0 radical (unpaired) electrons. The van der Waals surface area contributed by atoms with Crippen LogP contribution in [0.25, 0.3) is 22.9 Å². The van der Waals surface area contributed by atoms with Crippen molar-refractivity contribution in [1.29, 1.82) is 0 Å². The number of benzene rings is 4. The van der Waals surface area contributed by atoms with E-state index in [1.807, 2.05) is 36.4 Å². The van der Waals surface area contributed by atoms with Crippen LogP contribution in [-0.4, -0.2) is 7.11 Å². The molecule has 2 nitrogen and oxygen atoms in total. The van der Waals surface area contributed by atoms with Crippen LogP contribution in [0, 0.1) is 0 Å². The van der Waals surface area contributed by atoms with Gasteiger partial charge in [0, 0.05) is 6.07 Å². The molecular formula is C26H22O2. The van der Waals surface area contributed by atoms with Crippen LogP contribution in [0.1, 0.15) is 16.7 Å². The molecule has 0 aromatic heterocycles. The SMILES string of the molecule is COc1cc(C=Cc2ccc3ccccc3c2)cc(OCc2ccccc2)c1. The van der Waals surface area contributed by atoms with Crippen molar-refractivity contribution in [2.24, 2.45) is 0 Å². The third-order valence-electron chi connectivity index (χ3n) is 4.63. The average Bonchev–Trinajstić information content (AvgIpc) is 2.76. The standard InChI is InChI=1S/C26H22O2/c1-27-25-16-22(17-26(18-25)28-19-21-7-3-2-4-8-21)12-11-20-13-14-23-9-5-6-10-24(23)15-20/h2-18H,19H2,1H3. The zero-order valence-corrected chi connectivity index (χ0v) is 15.8. The number of ether oxygens (including phenoxy) is 2. The van der Waals surface area contributed by atoms with Crippen molar-refractivity contribution < 1.29 is 9.47 Å². The maximum absolute atomic E-state index is 5.97. The molecule has 0 aliphatic carbocycles. The number of hydrogen-bond acceptors (Lipinski definition) is 2. The summed E-state index contributed by atoms with van der Waals surface area (Å²) in [5, 5.41) is 2.49. The molecule has 138 valence electrons. The Morgan fingerprint density at radius 2 is 1.36 bits per heavy atom. The Bertz CT molecular complexity index is 1100. The van der Waals surface area contributed by atoms with Crippen LogP contribution in [0.2, 0.25) is 0 Å². The van der Waals surface area contributed by atoms with Gasteiger partial charge in [-0.15, -0.1) is 0 Å². The average molecular weight is 366 g/mol. The van der Waals surface area contributed by atoms with Crippen molar-refractivity contribution in [2.45, 2.75) is 6.61 Å². The van der Waals surface area contributed by atoms with Crippen LogP contribution in [0.15, 0.2) is 91.0 Å². The van der Waals surface area contributed by atoms with Gasteiger partial charge >= 0.3 is 0 Å². The number of rotatable bonds is 6. The molecule has 4 aromatic carbocycles. The van der Waals surface area contributed by atoms with Crippen LogP contribution in [0.4, 0.5) is 0 Å². The van der Waals surface area contributed by atoms with E-state index in [0.29, 0.717) is 6.61 Å². The van der Waals surface area contributed by atoms with Crippen molar-refractivity contribution in [2.75, 3.05) is 7.11 Å². The largest absolute Gasteiger partial charge is 0.497 e. The highest BCUT2D eigenvalue weighted by atomic mass is 16.5. The normalized spacial score (nSPS) is 11.0. The maximum atomic E-state index is 5.97. The second kappa shape index (κ2) is 8.45. The van der Waals surface area contributed by atoms with Crippen molar-refractivity contribution >= 4 is 22.9 Å². The summed E-state index contributed by atoms with van der Waals surface area (Å²) in [5.41, 5.74) is 3.34. The molecule has 0 aliphatic heterocycles. The summed E-state index contributed by atoms with van der Waals surface area (Å²) in [5.74, 6) is 1.57. The van der Waals surface area contributed by atoms with Gasteiger partial charge in [0.25, 0.3) is 0 Å². The predicted molar refractivity (Wildman–Crippen MR) is 117 cm³/mol. The molecular weight excluding hydrogens is 344 g/mol. The van der Waals surface area contributed by atoms with Gasteiger partial charge in [0.05, 0.1) is 7.11 Å². The molecule has 0 saturated heterocycles. The Morgan fingerprint density at radius 3 is 2.18 bits per heavy atom. The fourth-order valence-electron chi connectivity index (χ4n) is 3.14. The summed E-state index contributed by atoms with van der Waals surface area (Å²) in [7, 11) is 1.67. The quantitative estimate of drug-likeness (QED) is 0.358. The molecule has 0 fully saturated rings. The second-order valence-electron chi connectivity index (χ2n) is 6.66. The van der Waals surface area contributed by atoms with Crippen LogP contribution >= 0.6 is 0 Å². The van der Waals surface area contributed by atoms with Gasteiger partial charge in [-0.25, -0.2) is 0 Å². The predicted octanol–water partition coefficient (Wildman–Crippen LogP) is 6.60. The lowest BCUT2D eigenvalue weighted by Crippen LogP contribution is -1.96. The van der Waals surface area contributed by atoms with Crippen molar-refractivity contribution in [3.8, 4) is 11.5 Å². The maximum Gasteiger partial charge on any atom is 0.124 e. The molecule has 0 unspecified atom stereocenters. The fraction of sp³-hybridized carbons (Fsp3) is 0.0769. The first-order valence-corrected chi connectivity index (χ1v) is 9.33. The van der Waals surface area contributed by atoms with E-state index in [-0.39, 0.29) is 0 Å². The topological polar surface area (TPSA) is 18.5 Å². The highest BCUT2D eigenvalue weighted by molar-refractivity contribution is 5.86. The smallest absolute Gasteiger partial charge is 0.124 e. The highest BCUT2D eigenvalue weighted by Crippen LogP contribution is 2.25. The third kappa shape index (κ3) is 4.41. The molecule has 0 atom stereocenters. The molecule has 4 aromatic rings. The van der Waals surface area contributed by atoms with E-state index in [4.69, 9.17) is 9.47 Å². The lowest BCUT2D eigenvalue weighted by atomic mass is 10.1. The third-order valence-corrected chi connectivity index (χ3v) is 4.63. The van der Waals surface area contributed by atoms with Crippen molar-refractivity contribution in [1.82, 2.24) is 0 Å². The Balaban J connectivity index is 1.55. The van der Waals surface area contributed by atoms with E-state index in [1.165, 1.54) is 10.8 Å². The lowest BCUT2D eigenvalue weighted by molar-refractivity contribution is 0.303. The molecule has 0 spiro atoms. The van der Waals surface area contributed by atoms with Gasteiger partial charge in [0.1, 0.15) is 18.1 Å². The Morgan fingerprint density at radius 1 is 0.643 bits per heavy atom. The van der Waals surface area contributed by atoms with E-state index < -0.39 is 0 Å². The van der Waals surface area contributed by atoms with Gasteiger partial charge in [-0.1, -0.05) is 78.9 Å². The number of methoxy groups -OCH3 is 1. The van der Waals surface area contributed by atoms with E-state index >= 15 is 0 Å². The van der Waals surface area contributed by atoms with Crippen molar-refractivity contribution in [3.05, 3.63) is 108 Å². The minimum atomic E-state index is 0.530. The minimum Gasteiger partial charge on any atom is -0.497 e. The summed E-state index contributed by atoms with van der Waals surface area (Å²) in [4.78, 5) is 0. The molecule has 4 rings (SSSR count). The minimum absolute atomic E-state index is 0.530. The number of hydrogen-bond donors (Lipinski definition) is 0. The van der Waals surface area contributed by atoms with Gasteiger partial charge in [-0.2, -0.15) is 0 Å². The highest BCUT2D eigenvalue weighted by Gasteiger charge is 2.02. The first-order chi connectivity index (χ1) is 13.8. The van der Waals surface area contributed by atoms with E-state index in [0.717, 1.165) is 28.2 Å². The van der Waals surface area contributed by atoms with Crippen LogP contribution in [-0.2, 0) is 6.61 Å². The van der Waals surface area contributed by atoms with Gasteiger partial charge in [0.2, 0.25) is 0 Å². The Hall–Kier alpha value is -3.52. The lowest BCUT2D eigenvalue weighted by Gasteiger charge is -2.09. The van der Waals surface area contributed by atoms with Gasteiger partial charge < -0.3 is 9.47 Å². The Kier molecular flexibility index (Phi) is 5.39. The van der Waals surface area contributed by atoms with Gasteiger partial charge in [0.15, 0.2) is 0 Å². The van der Waals surface area contributed by atoms with Crippen LogP contribution in [0.3, 0.4) is 0 Å². The summed E-state index contributed by atoms with van der Waals surface area (Å²) < 4.78 is 11.4. The monoisotopic (exact) mass is 366 g/mol. The fourth-order valence-corrected chi connectivity index (χ4v) is 3.14. The van der Waals surface area contributed by atoms with E-state index in [2.05, 4.69) is 66.7 Å². The van der Waals surface area contributed by atoms with Gasteiger partial charge in [-0.3, -0.25) is 0 Å². The van der Waals surface area contributed by atoms with Gasteiger partial charge in [-0.05, 0) is 45.7 Å². The summed E-state index contributed by atoms with van der Waals surface area (Å²) in [6.45, 7) is 0.530. The molecule has 0 amide bonds. The van der Waals surface area contributed by atoms with E-state index in [1.54, 1.807) is 7.11 Å². The summed E-state index contributed by atoms with van der Waals surface area (Å²) in [6, 6.07) is 31.0. The molecule has 0 aliphatic rings. The van der Waals surface area contributed by atoms with Crippen molar-refractivity contribution in [3.63, 3.8) is 0 Å². The molecule has 0 bridgehead atoms. The molecule has 0 N–H and O–H groups in total. The summed E-state index contributed by atoms with van der Waals surface area (Å²) >= 11 is 0. The summed E-state index contributed by atoms with van der Waals surface area (Å²) in [6.07, 6.45) is 4.20. The zero-order chi connectivity index (χ0) is 19.2. The zero-order valence-electron chi connectivity index (χ0n) is 15.8.